The molecule has 1 aliphatic rings. The lowest BCUT2D eigenvalue weighted by Crippen LogP contribution is -2.37. The van der Waals surface area contributed by atoms with E-state index in [-0.39, 0.29) is 0 Å². The molecule has 6 heteroatoms. The Kier molecular flexibility index (Phi) is 3.37. The fraction of sp³-hybridized carbons (Fsp3) is 0.500. The zero-order chi connectivity index (χ0) is 12.5. The lowest BCUT2D eigenvalue weighted by Gasteiger charge is -2.23. The fourth-order valence-electron chi connectivity index (χ4n) is 2.29. The zero-order valence-corrected chi connectivity index (χ0v) is 11.8. The summed E-state index contributed by atoms with van der Waals surface area (Å²) in [5.41, 5.74) is 0. The van der Waals surface area contributed by atoms with Crippen molar-refractivity contribution in [1.82, 2.24) is 20.1 Å². The van der Waals surface area contributed by atoms with Crippen molar-refractivity contribution in [2.24, 2.45) is 0 Å². The van der Waals surface area contributed by atoms with Crippen LogP contribution >= 0.6 is 22.9 Å². The molecule has 3 heterocycles. The molecule has 0 fully saturated rings. The molecule has 96 valence electrons. The van der Waals surface area contributed by atoms with Gasteiger partial charge in [-0.1, -0.05) is 11.6 Å². The molecule has 1 unspecified atom stereocenters. The van der Waals surface area contributed by atoms with Crippen LogP contribution in [0.4, 0.5) is 0 Å². The van der Waals surface area contributed by atoms with Gasteiger partial charge in [0.25, 0.3) is 0 Å². The van der Waals surface area contributed by atoms with Crippen LogP contribution in [0.1, 0.15) is 22.9 Å². The van der Waals surface area contributed by atoms with Crippen molar-refractivity contribution in [2.75, 3.05) is 0 Å². The van der Waals surface area contributed by atoms with Gasteiger partial charge in [0.2, 0.25) is 0 Å². The van der Waals surface area contributed by atoms with Crippen molar-refractivity contribution in [3.05, 3.63) is 33.0 Å². The number of halogens is 1. The van der Waals surface area contributed by atoms with E-state index < -0.39 is 0 Å². The first kappa shape index (κ1) is 12.1. The number of aryl methyl sites for hydroxylation is 2. The quantitative estimate of drug-likeness (QED) is 0.940. The van der Waals surface area contributed by atoms with Gasteiger partial charge in [-0.25, -0.2) is 9.67 Å². The number of hydrogen-bond donors (Lipinski definition) is 1. The van der Waals surface area contributed by atoms with Crippen molar-refractivity contribution >= 4 is 22.9 Å². The molecule has 0 amide bonds. The minimum atomic E-state index is 0.472. The molecule has 0 radical (unpaired) electrons. The van der Waals surface area contributed by atoms with E-state index in [1.54, 1.807) is 11.3 Å². The Morgan fingerprint density at radius 3 is 3.22 bits per heavy atom. The number of nitrogens with zero attached hydrogens (tertiary/aromatic N) is 3. The van der Waals surface area contributed by atoms with Crippen molar-refractivity contribution in [1.29, 1.82) is 0 Å². The van der Waals surface area contributed by atoms with Gasteiger partial charge in [-0.3, -0.25) is 0 Å². The average molecular weight is 283 g/mol. The molecule has 0 aromatic carbocycles. The van der Waals surface area contributed by atoms with Gasteiger partial charge < -0.3 is 5.32 Å². The summed E-state index contributed by atoms with van der Waals surface area (Å²) in [6.45, 7) is 3.74. The van der Waals surface area contributed by atoms with Crippen LogP contribution in [0.15, 0.2) is 12.1 Å². The summed E-state index contributed by atoms with van der Waals surface area (Å²) in [5.74, 6) is 1.99. The topological polar surface area (TPSA) is 42.7 Å². The van der Waals surface area contributed by atoms with E-state index in [4.69, 9.17) is 11.6 Å². The smallest absolute Gasteiger partial charge is 0.147 e. The van der Waals surface area contributed by atoms with E-state index in [0.29, 0.717) is 6.04 Å². The Morgan fingerprint density at radius 1 is 1.56 bits per heavy atom. The third kappa shape index (κ3) is 2.58. The number of nitrogens with one attached hydrogen (secondary N) is 1. The first-order valence-electron chi connectivity index (χ1n) is 6.08. The zero-order valence-electron chi connectivity index (χ0n) is 10.2. The molecule has 2 aromatic heterocycles. The largest absolute Gasteiger partial charge is 0.307 e. The van der Waals surface area contributed by atoms with E-state index in [1.807, 2.05) is 17.7 Å². The summed E-state index contributed by atoms with van der Waals surface area (Å²) >= 11 is 7.55. The molecule has 2 aromatic rings. The predicted octanol–water partition coefficient (Wildman–Crippen LogP) is 2.41. The van der Waals surface area contributed by atoms with Crippen LogP contribution in [-0.4, -0.2) is 20.8 Å². The lowest BCUT2D eigenvalue weighted by molar-refractivity contribution is 0.358. The second kappa shape index (κ2) is 4.99. The van der Waals surface area contributed by atoms with E-state index in [0.717, 1.165) is 41.9 Å². The Hall–Kier alpha value is -0.910. The Labute approximate surface area is 115 Å². The van der Waals surface area contributed by atoms with Gasteiger partial charge in [-0.2, -0.15) is 5.10 Å². The molecule has 18 heavy (non-hydrogen) atoms. The van der Waals surface area contributed by atoms with Crippen molar-refractivity contribution in [3.63, 3.8) is 0 Å². The van der Waals surface area contributed by atoms with E-state index >= 15 is 0 Å². The Bertz CT molecular complexity index is 548. The maximum atomic E-state index is 5.92. The maximum absolute atomic E-state index is 5.92. The molecule has 0 bridgehead atoms. The highest BCUT2D eigenvalue weighted by molar-refractivity contribution is 7.16. The van der Waals surface area contributed by atoms with Gasteiger partial charge in [0.15, 0.2) is 0 Å². The normalized spacial score (nSPS) is 18.9. The molecular weight excluding hydrogens is 268 g/mol. The van der Waals surface area contributed by atoms with Gasteiger partial charge in [-0.05, 0) is 25.5 Å². The molecule has 0 spiro atoms. The first-order valence-corrected chi connectivity index (χ1v) is 7.28. The van der Waals surface area contributed by atoms with Crippen LogP contribution in [0.3, 0.4) is 0 Å². The molecule has 0 saturated carbocycles. The molecule has 4 nitrogen and oxygen atoms in total. The lowest BCUT2D eigenvalue weighted by atomic mass is 10.1. The van der Waals surface area contributed by atoms with Crippen molar-refractivity contribution < 1.29 is 0 Å². The third-order valence-corrected chi connectivity index (χ3v) is 4.39. The van der Waals surface area contributed by atoms with Crippen molar-refractivity contribution in [3.8, 4) is 0 Å². The number of hydrogen-bond acceptors (Lipinski definition) is 4. The van der Waals surface area contributed by atoms with Crippen LogP contribution in [0.2, 0.25) is 4.34 Å². The van der Waals surface area contributed by atoms with E-state index in [9.17, 15) is 0 Å². The fourth-order valence-corrected chi connectivity index (χ4v) is 3.33. The highest BCUT2D eigenvalue weighted by atomic mass is 35.5. The summed E-state index contributed by atoms with van der Waals surface area (Å²) in [6.07, 6.45) is 2.13. The average Bonchev–Trinajstić information content (AvgIpc) is 2.90. The summed E-state index contributed by atoms with van der Waals surface area (Å²) in [4.78, 5) is 5.69. The highest BCUT2D eigenvalue weighted by Crippen LogP contribution is 2.21. The van der Waals surface area contributed by atoms with Crippen LogP contribution < -0.4 is 5.32 Å². The maximum Gasteiger partial charge on any atom is 0.147 e. The second-order valence-electron chi connectivity index (χ2n) is 4.58. The van der Waals surface area contributed by atoms with Gasteiger partial charge in [-0.15, -0.1) is 11.3 Å². The van der Waals surface area contributed by atoms with Gasteiger partial charge >= 0.3 is 0 Å². The molecule has 1 N–H and O–H groups in total. The highest BCUT2D eigenvalue weighted by Gasteiger charge is 2.20. The van der Waals surface area contributed by atoms with Crippen LogP contribution in [0.25, 0.3) is 0 Å². The SMILES string of the molecule is Cc1nc2n(n1)CC(NCc1ccc(Cl)s1)CC2. The molecule has 1 aliphatic heterocycles. The molecular formula is C12H15ClN4S. The minimum Gasteiger partial charge on any atom is -0.307 e. The molecule has 3 rings (SSSR count). The van der Waals surface area contributed by atoms with E-state index in [2.05, 4.69) is 21.5 Å². The summed E-state index contributed by atoms with van der Waals surface area (Å²) in [7, 11) is 0. The van der Waals surface area contributed by atoms with Crippen LogP contribution in [0, 0.1) is 6.92 Å². The summed E-state index contributed by atoms with van der Waals surface area (Å²) in [5, 5.41) is 7.97. The first-order chi connectivity index (χ1) is 8.70. The summed E-state index contributed by atoms with van der Waals surface area (Å²) in [6, 6.07) is 4.50. The second-order valence-corrected chi connectivity index (χ2v) is 6.38. The van der Waals surface area contributed by atoms with Crippen LogP contribution in [-0.2, 0) is 19.5 Å². The van der Waals surface area contributed by atoms with Gasteiger partial charge in [0.05, 0.1) is 10.9 Å². The Morgan fingerprint density at radius 2 is 2.44 bits per heavy atom. The molecule has 1 atom stereocenters. The minimum absolute atomic E-state index is 0.472. The number of fused-ring (bicyclic) bond motifs is 1. The number of rotatable bonds is 3. The van der Waals surface area contributed by atoms with Gasteiger partial charge in [0.1, 0.15) is 11.6 Å². The monoisotopic (exact) mass is 282 g/mol. The number of aromatic nitrogens is 3. The predicted molar refractivity (Wildman–Crippen MR) is 73.0 cm³/mol. The summed E-state index contributed by atoms with van der Waals surface area (Å²) < 4.78 is 2.88. The van der Waals surface area contributed by atoms with Crippen molar-refractivity contribution in [2.45, 2.75) is 38.9 Å². The Balaban J connectivity index is 1.59. The number of thiophene rings is 1. The standard InChI is InChI=1S/C12H15ClN4S/c1-8-15-12-5-2-9(7-17(12)16-8)14-6-10-3-4-11(13)18-10/h3-4,9,14H,2,5-7H2,1H3. The van der Waals surface area contributed by atoms with Gasteiger partial charge in [0, 0.05) is 23.9 Å². The molecule has 0 saturated heterocycles. The molecule has 0 aliphatic carbocycles. The van der Waals surface area contributed by atoms with Crippen LogP contribution in [0.5, 0.6) is 0 Å². The van der Waals surface area contributed by atoms with E-state index in [1.165, 1.54) is 4.88 Å². The third-order valence-electron chi connectivity index (χ3n) is 3.16.